The Labute approximate surface area is 125 Å². The van der Waals surface area contributed by atoms with E-state index >= 15 is 0 Å². The molecule has 7 heteroatoms. The van der Waals surface area contributed by atoms with Crippen molar-refractivity contribution in [3.63, 3.8) is 0 Å². The van der Waals surface area contributed by atoms with Gasteiger partial charge < -0.3 is 10.0 Å². The first kappa shape index (κ1) is 17.4. The second-order valence-corrected chi connectivity index (χ2v) is 5.38. The molecule has 0 aromatic heterocycles. The Morgan fingerprint density at radius 1 is 1.19 bits per heavy atom. The fourth-order valence-electron chi connectivity index (χ4n) is 2.47. The van der Waals surface area contributed by atoms with E-state index in [1.165, 1.54) is 0 Å². The number of likely N-dealkylation sites (N-methyl/N-ethyl adjacent to an activating group) is 1. The molecule has 0 aromatic rings. The third-order valence-electron chi connectivity index (χ3n) is 3.75. The Morgan fingerprint density at radius 2 is 1.86 bits per heavy atom. The molecule has 1 unspecified atom stereocenters. The van der Waals surface area contributed by atoms with Crippen LogP contribution < -0.4 is 5.32 Å². The molecule has 0 bridgehead atoms. The minimum absolute atomic E-state index is 0.0533. The molecule has 0 aromatic carbocycles. The maximum Gasteiger partial charge on any atom is 0.324 e. The zero-order valence-corrected chi connectivity index (χ0v) is 12.8. The number of imide groups is 1. The Morgan fingerprint density at radius 3 is 2.43 bits per heavy atom. The van der Waals surface area contributed by atoms with E-state index in [2.05, 4.69) is 24.1 Å². The highest BCUT2D eigenvalue weighted by Crippen LogP contribution is 2.09. The molecule has 1 fully saturated rings. The van der Waals surface area contributed by atoms with Crippen molar-refractivity contribution in [1.29, 1.82) is 0 Å². The Hall–Kier alpha value is -1.63. The molecule has 2 N–H and O–H groups in total. The van der Waals surface area contributed by atoms with Gasteiger partial charge in [-0.2, -0.15) is 0 Å². The van der Waals surface area contributed by atoms with E-state index < -0.39 is 5.97 Å². The summed E-state index contributed by atoms with van der Waals surface area (Å²) in [6.45, 7) is 7.17. The number of unbranched alkanes of at least 4 members (excludes halogenated alkanes) is 1. The molecule has 1 heterocycles. The standard InChI is InChI=1S/C14H25N3O4/c1-3-16-8-9-17(10-11(16)2)14(21)15-12(18)6-4-5-7-13(19)20/h11H,3-10H2,1-2H3,(H,19,20)(H,15,18,21). The summed E-state index contributed by atoms with van der Waals surface area (Å²) >= 11 is 0. The molecule has 3 amide bonds. The number of hydrogen-bond acceptors (Lipinski definition) is 4. The van der Waals surface area contributed by atoms with Crippen LogP contribution in [0.1, 0.15) is 39.5 Å². The average molecular weight is 299 g/mol. The number of piperazine rings is 1. The summed E-state index contributed by atoms with van der Waals surface area (Å²) in [7, 11) is 0. The number of aliphatic carboxylic acids is 1. The molecule has 0 radical (unpaired) electrons. The zero-order chi connectivity index (χ0) is 15.8. The number of rotatable bonds is 6. The highest BCUT2D eigenvalue weighted by molar-refractivity contribution is 5.94. The average Bonchev–Trinajstić information content (AvgIpc) is 2.43. The number of carbonyl (C=O) groups is 3. The van der Waals surface area contributed by atoms with Crippen molar-refractivity contribution in [2.45, 2.75) is 45.6 Å². The van der Waals surface area contributed by atoms with Gasteiger partial charge in [-0.3, -0.25) is 19.8 Å². The summed E-state index contributed by atoms with van der Waals surface area (Å²) in [5.41, 5.74) is 0. The van der Waals surface area contributed by atoms with Gasteiger partial charge in [0.2, 0.25) is 5.91 Å². The van der Waals surface area contributed by atoms with Gasteiger partial charge in [0.1, 0.15) is 0 Å². The third-order valence-corrected chi connectivity index (χ3v) is 3.75. The van der Waals surface area contributed by atoms with Crippen LogP contribution in [0, 0.1) is 0 Å². The normalized spacial score (nSPS) is 19.3. The van der Waals surface area contributed by atoms with Gasteiger partial charge in [-0.15, -0.1) is 0 Å². The van der Waals surface area contributed by atoms with Crippen LogP contribution in [-0.4, -0.2) is 65.0 Å². The number of amides is 3. The first-order valence-electron chi connectivity index (χ1n) is 7.48. The van der Waals surface area contributed by atoms with E-state index in [4.69, 9.17) is 5.11 Å². The molecule has 1 aliphatic rings. The van der Waals surface area contributed by atoms with Gasteiger partial charge in [-0.1, -0.05) is 6.92 Å². The first-order valence-corrected chi connectivity index (χ1v) is 7.48. The number of carbonyl (C=O) groups excluding carboxylic acids is 2. The van der Waals surface area contributed by atoms with Crippen LogP contribution >= 0.6 is 0 Å². The van der Waals surface area contributed by atoms with Crippen LogP contribution in [0.25, 0.3) is 0 Å². The summed E-state index contributed by atoms with van der Waals surface area (Å²) in [6.07, 6.45) is 1.16. The molecule has 120 valence electrons. The van der Waals surface area contributed by atoms with E-state index in [-0.39, 0.29) is 24.8 Å². The van der Waals surface area contributed by atoms with Crippen molar-refractivity contribution < 1.29 is 19.5 Å². The first-order chi connectivity index (χ1) is 9.93. The van der Waals surface area contributed by atoms with Crippen LogP contribution in [0.5, 0.6) is 0 Å². The van der Waals surface area contributed by atoms with E-state index in [1.807, 2.05) is 0 Å². The van der Waals surface area contributed by atoms with Crippen LogP contribution in [0.2, 0.25) is 0 Å². The quantitative estimate of drug-likeness (QED) is 0.711. The molecule has 0 aliphatic carbocycles. The monoisotopic (exact) mass is 299 g/mol. The molecule has 1 aliphatic heterocycles. The topological polar surface area (TPSA) is 90.0 Å². The van der Waals surface area contributed by atoms with Crippen molar-refractivity contribution in [2.24, 2.45) is 0 Å². The van der Waals surface area contributed by atoms with Crippen molar-refractivity contribution in [3.05, 3.63) is 0 Å². The number of carboxylic acid groups (broad SMARTS) is 1. The number of carboxylic acids is 1. The van der Waals surface area contributed by atoms with Gasteiger partial charge in [0, 0.05) is 38.5 Å². The largest absolute Gasteiger partial charge is 0.481 e. The number of nitrogens with one attached hydrogen (secondary N) is 1. The molecule has 0 saturated carbocycles. The van der Waals surface area contributed by atoms with Crippen molar-refractivity contribution >= 4 is 17.9 Å². The van der Waals surface area contributed by atoms with E-state index in [0.29, 0.717) is 32.0 Å². The molecular weight excluding hydrogens is 274 g/mol. The third kappa shape index (κ3) is 6.12. The fourth-order valence-corrected chi connectivity index (χ4v) is 2.47. The van der Waals surface area contributed by atoms with E-state index in [0.717, 1.165) is 13.1 Å². The molecular formula is C14H25N3O4. The van der Waals surface area contributed by atoms with Gasteiger partial charge in [0.15, 0.2) is 0 Å². The smallest absolute Gasteiger partial charge is 0.324 e. The van der Waals surface area contributed by atoms with Gasteiger partial charge >= 0.3 is 12.0 Å². The minimum atomic E-state index is -0.866. The maximum atomic E-state index is 12.0. The molecule has 1 atom stereocenters. The summed E-state index contributed by atoms with van der Waals surface area (Å²) in [5.74, 6) is -1.20. The second kappa shape index (κ2) is 8.61. The predicted molar refractivity (Wildman–Crippen MR) is 77.9 cm³/mol. The van der Waals surface area contributed by atoms with Crippen molar-refractivity contribution in [3.8, 4) is 0 Å². The van der Waals surface area contributed by atoms with Gasteiger partial charge in [-0.05, 0) is 26.3 Å². The van der Waals surface area contributed by atoms with E-state index in [9.17, 15) is 14.4 Å². The second-order valence-electron chi connectivity index (χ2n) is 5.38. The lowest BCUT2D eigenvalue weighted by Crippen LogP contribution is -2.56. The lowest BCUT2D eigenvalue weighted by atomic mass is 10.2. The summed E-state index contributed by atoms with van der Waals surface area (Å²) < 4.78 is 0. The molecule has 21 heavy (non-hydrogen) atoms. The lowest BCUT2D eigenvalue weighted by molar-refractivity contribution is -0.137. The molecule has 7 nitrogen and oxygen atoms in total. The maximum absolute atomic E-state index is 12.0. The lowest BCUT2D eigenvalue weighted by Gasteiger charge is -2.39. The molecule has 1 rings (SSSR count). The summed E-state index contributed by atoms with van der Waals surface area (Å²) in [4.78, 5) is 37.9. The molecule has 0 spiro atoms. The Balaban J connectivity index is 2.26. The van der Waals surface area contributed by atoms with Crippen LogP contribution in [0.3, 0.4) is 0 Å². The minimum Gasteiger partial charge on any atom is -0.481 e. The SMILES string of the molecule is CCN1CCN(C(=O)NC(=O)CCCCC(=O)O)CC1C. The predicted octanol–water partition coefficient (Wildman–Crippen LogP) is 0.894. The summed E-state index contributed by atoms with van der Waals surface area (Å²) in [6, 6.07) is -0.0546. The Kier molecular flexibility index (Phi) is 7.14. The number of hydrogen-bond donors (Lipinski definition) is 2. The number of urea groups is 1. The Bertz CT molecular complexity index is 386. The van der Waals surface area contributed by atoms with Crippen LogP contribution in [0.15, 0.2) is 0 Å². The van der Waals surface area contributed by atoms with Crippen molar-refractivity contribution in [2.75, 3.05) is 26.2 Å². The fraction of sp³-hybridized carbons (Fsp3) is 0.786. The summed E-state index contributed by atoms with van der Waals surface area (Å²) in [5, 5.41) is 10.9. The zero-order valence-electron chi connectivity index (χ0n) is 12.8. The van der Waals surface area contributed by atoms with Crippen molar-refractivity contribution in [1.82, 2.24) is 15.1 Å². The number of nitrogens with zero attached hydrogens (tertiary/aromatic N) is 2. The van der Waals surface area contributed by atoms with Gasteiger partial charge in [0.05, 0.1) is 0 Å². The van der Waals surface area contributed by atoms with Crippen LogP contribution in [-0.2, 0) is 9.59 Å². The highest BCUT2D eigenvalue weighted by atomic mass is 16.4. The van der Waals surface area contributed by atoms with Crippen LogP contribution in [0.4, 0.5) is 4.79 Å². The van der Waals surface area contributed by atoms with Gasteiger partial charge in [0.25, 0.3) is 0 Å². The van der Waals surface area contributed by atoms with E-state index in [1.54, 1.807) is 4.90 Å². The molecule has 1 saturated heterocycles. The van der Waals surface area contributed by atoms with Gasteiger partial charge in [-0.25, -0.2) is 4.79 Å². The highest BCUT2D eigenvalue weighted by Gasteiger charge is 2.26.